The van der Waals surface area contributed by atoms with Crippen LogP contribution in [0.3, 0.4) is 0 Å². The number of aromatic nitrogens is 1. The van der Waals surface area contributed by atoms with Crippen LogP contribution in [0.15, 0.2) is 66.9 Å². The standard InChI is InChI=1S/C19H20N2/c1-14(2)19(15-7-4-3-5-8-15)21-17-10-11-18-16(13-17)9-6-12-20-18/h3-14,19,21H,1-2H3. The smallest absolute Gasteiger partial charge is 0.0703 e. The van der Waals surface area contributed by atoms with Gasteiger partial charge in [-0.1, -0.05) is 50.2 Å². The van der Waals surface area contributed by atoms with Crippen molar-refractivity contribution in [3.63, 3.8) is 0 Å². The first-order chi connectivity index (χ1) is 10.2. The Morgan fingerprint density at radius 3 is 2.48 bits per heavy atom. The van der Waals surface area contributed by atoms with E-state index in [0.717, 1.165) is 16.6 Å². The Morgan fingerprint density at radius 2 is 1.71 bits per heavy atom. The lowest BCUT2D eigenvalue weighted by molar-refractivity contribution is 0.546. The third-order valence-corrected chi connectivity index (χ3v) is 3.75. The lowest BCUT2D eigenvalue weighted by Crippen LogP contribution is -2.16. The highest BCUT2D eigenvalue weighted by Crippen LogP contribution is 2.27. The van der Waals surface area contributed by atoms with E-state index >= 15 is 0 Å². The molecule has 0 aliphatic heterocycles. The molecule has 0 fully saturated rings. The zero-order chi connectivity index (χ0) is 14.7. The molecule has 2 nitrogen and oxygen atoms in total. The molecule has 2 aromatic carbocycles. The molecular weight excluding hydrogens is 256 g/mol. The minimum atomic E-state index is 0.306. The summed E-state index contributed by atoms with van der Waals surface area (Å²) in [5.41, 5.74) is 3.49. The van der Waals surface area contributed by atoms with Gasteiger partial charge in [0.05, 0.1) is 11.6 Å². The SMILES string of the molecule is CC(C)C(Nc1ccc2ncccc2c1)c1ccccc1. The van der Waals surface area contributed by atoms with Crippen LogP contribution in [0.5, 0.6) is 0 Å². The maximum atomic E-state index is 4.37. The first kappa shape index (κ1) is 13.6. The molecule has 0 spiro atoms. The van der Waals surface area contributed by atoms with E-state index in [1.165, 1.54) is 5.56 Å². The zero-order valence-corrected chi connectivity index (χ0v) is 12.5. The van der Waals surface area contributed by atoms with Crippen LogP contribution in [-0.2, 0) is 0 Å². The second-order valence-corrected chi connectivity index (χ2v) is 5.69. The first-order valence-electron chi connectivity index (χ1n) is 7.40. The van der Waals surface area contributed by atoms with Crippen LogP contribution in [0, 0.1) is 5.92 Å². The predicted molar refractivity (Wildman–Crippen MR) is 89.4 cm³/mol. The molecule has 1 atom stereocenters. The van der Waals surface area contributed by atoms with E-state index < -0.39 is 0 Å². The molecule has 0 aliphatic carbocycles. The predicted octanol–water partition coefficient (Wildman–Crippen LogP) is 5.04. The van der Waals surface area contributed by atoms with Crippen LogP contribution >= 0.6 is 0 Å². The molecule has 2 heteroatoms. The van der Waals surface area contributed by atoms with Gasteiger partial charge in [-0.15, -0.1) is 0 Å². The van der Waals surface area contributed by atoms with E-state index in [0.29, 0.717) is 12.0 Å². The number of fused-ring (bicyclic) bond motifs is 1. The lowest BCUT2D eigenvalue weighted by Gasteiger charge is -2.24. The van der Waals surface area contributed by atoms with Crippen LogP contribution in [-0.4, -0.2) is 4.98 Å². The van der Waals surface area contributed by atoms with E-state index in [-0.39, 0.29) is 0 Å². The summed E-state index contributed by atoms with van der Waals surface area (Å²) in [5, 5.41) is 4.82. The highest BCUT2D eigenvalue weighted by Gasteiger charge is 2.15. The van der Waals surface area contributed by atoms with Crippen molar-refractivity contribution in [3.05, 3.63) is 72.4 Å². The number of hydrogen-bond donors (Lipinski definition) is 1. The fourth-order valence-corrected chi connectivity index (χ4v) is 2.64. The summed E-state index contributed by atoms with van der Waals surface area (Å²) in [6.45, 7) is 4.49. The quantitative estimate of drug-likeness (QED) is 0.721. The summed E-state index contributed by atoms with van der Waals surface area (Å²) in [7, 11) is 0. The van der Waals surface area contributed by atoms with E-state index in [1.54, 1.807) is 0 Å². The molecule has 0 amide bonds. The molecule has 106 valence electrons. The average molecular weight is 276 g/mol. The van der Waals surface area contributed by atoms with Gasteiger partial charge in [0.15, 0.2) is 0 Å². The maximum Gasteiger partial charge on any atom is 0.0703 e. The van der Waals surface area contributed by atoms with Gasteiger partial charge < -0.3 is 5.32 Å². The van der Waals surface area contributed by atoms with Crippen LogP contribution in [0.1, 0.15) is 25.5 Å². The maximum absolute atomic E-state index is 4.37. The van der Waals surface area contributed by atoms with E-state index in [4.69, 9.17) is 0 Å². The minimum Gasteiger partial charge on any atom is -0.378 e. The molecule has 3 rings (SSSR count). The van der Waals surface area contributed by atoms with Crippen LogP contribution in [0.25, 0.3) is 10.9 Å². The summed E-state index contributed by atoms with van der Waals surface area (Å²) >= 11 is 0. The Balaban J connectivity index is 1.91. The number of pyridine rings is 1. The van der Waals surface area contributed by atoms with Crippen molar-refractivity contribution in [2.75, 3.05) is 5.32 Å². The summed E-state index contributed by atoms with van der Waals surface area (Å²) < 4.78 is 0. The van der Waals surface area contributed by atoms with E-state index in [2.05, 4.69) is 78.7 Å². The third-order valence-electron chi connectivity index (χ3n) is 3.75. The minimum absolute atomic E-state index is 0.306. The van der Waals surface area contributed by atoms with Crippen molar-refractivity contribution in [1.29, 1.82) is 0 Å². The van der Waals surface area contributed by atoms with Gasteiger partial charge in [0.2, 0.25) is 0 Å². The third kappa shape index (κ3) is 3.05. The van der Waals surface area contributed by atoms with Crippen molar-refractivity contribution in [3.8, 4) is 0 Å². The fourth-order valence-electron chi connectivity index (χ4n) is 2.64. The van der Waals surface area contributed by atoms with Crippen molar-refractivity contribution in [1.82, 2.24) is 4.98 Å². The van der Waals surface area contributed by atoms with Gasteiger partial charge in [0.25, 0.3) is 0 Å². The first-order valence-corrected chi connectivity index (χ1v) is 7.40. The van der Waals surface area contributed by atoms with Gasteiger partial charge in [0, 0.05) is 17.3 Å². The lowest BCUT2D eigenvalue weighted by atomic mass is 9.95. The molecule has 3 aromatic rings. The van der Waals surface area contributed by atoms with Crippen LogP contribution in [0.2, 0.25) is 0 Å². The van der Waals surface area contributed by atoms with Gasteiger partial charge in [0.1, 0.15) is 0 Å². The normalized spacial score (nSPS) is 12.5. The van der Waals surface area contributed by atoms with Gasteiger partial charge in [-0.3, -0.25) is 4.98 Å². The zero-order valence-electron chi connectivity index (χ0n) is 12.5. The number of anilines is 1. The molecule has 0 saturated carbocycles. The Morgan fingerprint density at radius 1 is 0.905 bits per heavy atom. The number of benzene rings is 2. The number of rotatable bonds is 4. The van der Waals surface area contributed by atoms with Crippen LogP contribution in [0.4, 0.5) is 5.69 Å². The molecule has 0 bridgehead atoms. The molecule has 1 N–H and O–H groups in total. The summed E-state index contributed by atoms with van der Waals surface area (Å²) in [4.78, 5) is 4.37. The molecular formula is C19H20N2. The van der Waals surface area contributed by atoms with Crippen molar-refractivity contribution >= 4 is 16.6 Å². The topological polar surface area (TPSA) is 24.9 Å². The van der Waals surface area contributed by atoms with Gasteiger partial charge >= 0.3 is 0 Å². The average Bonchev–Trinajstić information content (AvgIpc) is 2.53. The second-order valence-electron chi connectivity index (χ2n) is 5.69. The highest BCUT2D eigenvalue weighted by molar-refractivity contribution is 5.82. The summed E-state index contributed by atoms with van der Waals surface area (Å²) in [5.74, 6) is 0.511. The Kier molecular flexibility index (Phi) is 3.87. The number of nitrogens with one attached hydrogen (secondary N) is 1. The van der Waals surface area contributed by atoms with Crippen molar-refractivity contribution in [2.45, 2.75) is 19.9 Å². The van der Waals surface area contributed by atoms with Gasteiger partial charge in [-0.2, -0.15) is 0 Å². The largest absolute Gasteiger partial charge is 0.378 e. The van der Waals surface area contributed by atoms with E-state index in [9.17, 15) is 0 Å². The molecule has 0 radical (unpaired) electrons. The Bertz CT molecular complexity index is 720. The molecule has 0 saturated heterocycles. The second kappa shape index (κ2) is 5.96. The van der Waals surface area contributed by atoms with Gasteiger partial charge in [-0.05, 0) is 35.7 Å². The molecule has 1 heterocycles. The molecule has 21 heavy (non-hydrogen) atoms. The van der Waals surface area contributed by atoms with Crippen LogP contribution < -0.4 is 5.32 Å². The highest BCUT2D eigenvalue weighted by atomic mass is 14.9. The number of hydrogen-bond acceptors (Lipinski definition) is 2. The van der Waals surface area contributed by atoms with Gasteiger partial charge in [-0.25, -0.2) is 0 Å². The fraction of sp³-hybridized carbons (Fsp3) is 0.211. The molecule has 0 aliphatic rings. The van der Waals surface area contributed by atoms with Crippen molar-refractivity contribution < 1.29 is 0 Å². The molecule has 1 aromatic heterocycles. The Hall–Kier alpha value is -2.35. The molecule has 1 unspecified atom stereocenters. The number of nitrogens with zero attached hydrogens (tertiary/aromatic N) is 1. The summed E-state index contributed by atoms with van der Waals surface area (Å²) in [6, 6.07) is 21.3. The van der Waals surface area contributed by atoms with E-state index in [1.807, 2.05) is 12.3 Å². The van der Waals surface area contributed by atoms with Crippen molar-refractivity contribution in [2.24, 2.45) is 5.92 Å². The monoisotopic (exact) mass is 276 g/mol. The Labute approximate surface area is 125 Å². The summed E-state index contributed by atoms with van der Waals surface area (Å²) in [6.07, 6.45) is 1.83.